The van der Waals surface area contributed by atoms with Gasteiger partial charge in [-0.05, 0) is 49.7 Å². The van der Waals surface area contributed by atoms with E-state index in [9.17, 15) is 18.7 Å². The highest BCUT2D eigenvalue weighted by Crippen LogP contribution is 2.29. The number of carboxylic acid groups (broad SMARTS) is 1. The number of fused-ring (bicyclic) bond motifs is 1. The maximum absolute atomic E-state index is 14.0. The number of aromatic nitrogens is 1. The van der Waals surface area contributed by atoms with Gasteiger partial charge in [-0.3, -0.25) is 0 Å². The van der Waals surface area contributed by atoms with Crippen molar-refractivity contribution in [1.82, 2.24) is 4.98 Å². The zero-order valence-corrected chi connectivity index (χ0v) is 12.5. The molecule has 0 unspecified atom stereocenters. The van der Waals surface area contributed by atoms with Crippen LogP contribution in [-0.2, 0) is 0 Å². The molecule has 5 heteroatoms. The fourth-order valence-electron chi connectivity index (χ4n) is 2.69. The number of aromatic carboxylic acids is 1. The summed E-state index contributed by atoms with van der Waals surface area (Å²) in [6, 6.07) is 7.89. The number of aryl methyl sites for hydroxylation is 2. The van der Waals surface area contributed by atoms with E-state index < -0.39 is 17.6 Å². The van der Waals surface area contributed by atoms with Gasteiger partial charge in [0.05, 0.1) is 16.8 Å². The molecule has 0 atom stereocenters. The minimum absolute atomic E-state index is 0.0143. The molecular formula is C18H13F2NO2. The van der Waals surface area contributed by atoms with Crippen molar-refractivity contribution in [1.29, 1.82) is 0 Å². The highest BCUT2D eigenvalue weighted by molar-refractivity contribution is 6.04. The first-order chi connectivity index (χ1) is 10.9. The first-order valence-corrected chi connectivity index (χ1v) is 6.97. The van der Waals surface area contributed by atoms with Gasteiger partial charge in [0.25, 0.3) is 0 Å². The van der Waals surface area contributed by atoms with Crippen LogP contribution in [0.5, 0.6) is 0 Å². The third-order valence-corrected chi connectivity index (χ3v) is 3.68. The van der Waals surface area contributed by atoms with Crippen molar-refractivity contribution in [2.45, 2.75) is 13.8 Å². The van der Waals surface area contributed by atoms with E-state index in [1.165, 1.54) is 6.07 Å². The largest absolute Gasteiger partial charge is 0.478 e. The van der Waals surface area contributed by atoms with Crippen LogP contribution in [0.1, 0.15) is 21.5 Å². The summed E-state index contributed by atoms with van der Waals surface area (Å²) in [6.07, 6.45) is 0. The summed E-state index contributed by atoms with van der Waals surface area (Å²) < 4.78 is 27.4. The zero-order valence-electron chi connectivity index (χ0n) is 12.5. The lowest BCUT2D eigenvalue weighted by atomic mass is 9.99. The molecule has 116 valence electrons. The molecule has 1 heterocycles. The lowest BCUT2D eigenvalue weighted by Gasteiger charge is -2.11. The minimum Gasteiger partial charge on any atom is -0.478 e. The molecule has 1 N–H and O–H groups in total. The van der Waals surface area contributed by atoms with Gasteiger partial charge >= 0.3 is 5.97 Å². The Kier molecular flexibility index (Phi) is 3.56. The summed E-state index contributed by atoms with van der Waals surface area (Å²) in [7, 11) is 0. The summed E-state index contributed by atoms with van der Waals surface area (Å²) in [6.45, 7) is 3.66. The molecule has 3 nitrogen and oxygen atoms in total. The molecule has 0 aliphatic rings. The first kappa shape index (κ1) is 15.1. The molecular weight excluding hydrogens is 300 g/mol. The third kappa shape index (κ3) is 2.65. The van der Waals surface area contributed by atoms with Crippen molar-refractivity contribution in [3.8, 4) is 11.3 Å². The molecule has 3 rings (SSSR count). The van der Waals surface area contributed by atoms with E-state index in [4.69, 9.17) is 0 Å². The quantitative estimate of drug-likeness (QED) is 0.758. The molecule has 0 amide bonds. The molecule has 0 spiro atoms. The SMILES string of the molecule is Cc1cc(C)c2nc(-c3cc(F)ccc3F)cc(C(=O)O)c2c1. The molecule has 23 heavy (non-hydrogen) atoms. The number of nitrogens with zero attached hydrogens (tertiary/aromatic N) is 1. The van der Waals surface area contributed by atoms with Crippen molar-refractivity contribution in [3.63, 3.8) is 0 Å². The van der Waals surface area contributed by atoms with Crippen molar-refractivity contribution in [3.05, 3.63) is 64.7 Å². The molecule has 2 aromatic carbocycles. The highest BCUT2D eigenvalue weighted by Gasteiger charge is 2.17. The van der Waals surface area contributed by atoms with Gasteiger partial charge in [-0.25, -0.2) is 18.6 Å². The summed E-state index contributed by atoms with van der Waals surface area (Å²) in [5.41, 5.74) is 2.20. The molecule has 0 fully saturated rings. The fraction of sp³-hybridized carbons (Fsp3) is 0.111. The number of carbonyl (C=O) groups is 1. The average Bonchev–Trinajstić information content (AvgIpc) is 2.48. The second-order valence-corrected chi connectivity index (χ2v) is 5.46. The molecule has 0 saturated heterocycles. The Morgan fingerprint density at radius 2 is 1.83 bits per heavy atom. The van der Waals surface area contributed by atoms with E-state index >= 15 is 0 Å². The standard InChI is InChI=1S/C18H13F2NO2/c1-9-5-10(2)17-12(6-9)13(18(22)23)8-16(21-17)14-7-11(19)3-4-15(14)20/h3-8H,1-2H3,(H,22,23). The van der Waals surface area contributed by atoms with E-state index in [1.54, 1.807) is 13.0 Å². The van der Waals surface area contributed by atoms with Crippen molar-refractivity contribution >= 4 is 16.9 Å². The Morgan fingerprint density at radius 3 is 2.52 bits per heavy atom. The number of hydrogen-bond acceptors (Lipinski definition) is 2. The Labute approximate surface area is 131 Å². The van der Waals surface area contributed by atoms with Gasteiger partial charge in [0.15, 0.2) is 0 Å². The lowest BCUT2D eigenvalue weighted by Crippen LogP contribution is -2.02. The maximum Gasteiger partial charge on any atom is 0.336 e. The third-order valence-electron chi connectivity index (χ3n) is 3.68. The molecule has 3 aromatic rings. The monoisotopic (exact) mass is 313 g/mol. The van der Waals surface area contributed by atoms with Crippen molar-refractivity contribution in [2.24, 2.45) is 0 Å². The topological polar surface area (TPSA) is 50.2 Å². The zero-order chi connectivity index (χ0) is 16.7. The molecule has 1 aromatic heterocycles. The second-order valence-electron chi connectivity index (χ2n) is 5.46. The summed E-state index contributed by atoms with van der Waals surface area (Å²) in [5.74, 6) is -2.40. The van der Waals surface area contributed by atoms with Gasteiger partial charge in [0.1, 0.15) is 11.6 Å². The Hall–Kier alpha value is -2.82. The molecule has 0 bridgehead atoms. The Bertz CT molecular complexity index is 951. The van der Waals surface area contributed by atoms with Crippen LogP contribution in [0.15, 0.2) is 36.4 Å². The number of carboxylic acids is 1. The number of halogens is 2. The van der Waals surface area contributed by atoms with Crippen LogP contribution < -0.4 is 0 Å². The van der Waals surface area contributed by atoms with Gasteiger partial charge in [-0.1, -0.05) is 11.6 Å². The number of pyridine rings is 1. The summed E-state index contributed by atoms with van der Waals surface area (Å²) in [4.78, 5) is 15.9. The normalized spacial score (nSPS) is 11.0. The van der Waals surface area contributed by atoms with Crippen molar-refractivity contribution < 1.29 is 18.7 Å². The van der Waals surface area contributed by atoms with Gasteiger partial charge in [0.2, 0.25) is 0 Å². The molecule has 0 aliphatic heterocycles. The van der Waals surface area contributed by atoms with Gasteiger partial charge in [-0.2, -0.15) is 0 Å². The number of hydrogen-bond donors (Lipinski definition) is 1. The van der Waals surface area contributed by atoms with Crippen LogP contribution in [0.2, 0.25) is 0 Å². The first-order valence-electron chi connectivity index (χ1n) is 6.97. The van der Waals surface area contributed by atoms with Gasteiger partial charge in [0, 0.05) is 10.9 Å². The van der Waals surface area contributed by atoms with E-state index in [-0.39, 0.29) is 16.8 Å². The average molecular weight is 313 g/mol. The maximum atomic E-state index is 14.0. The van der Waals surface area contributed by atoms with Crippen LogP contribution >= 0.6 is 0 Å². The van der Waals surface area contributed by atoms with Crippen LogP contribution in [0, 0.1) is 25.5 Å². The van der Waals surface area contributed by atoms with E-state index in [2.05, 4.69) is 4.98 Å². The predicted molar refractivity (Wildman–Crippen MR) is 83.5 cm³/mol. The molecule has 0 saturated carbocycles. The van der Waals surface area contributed by atoms with Crippen LogP contribution in [0.25, 0.3) is 22.2 Å². The van der Waals surface area contributed by atoms with Gasteiger partial charge < -0.3 is 5.11 Å². The molecule has 0 radical (unpaired) electrons. The van der Waals surface area contributed by atoms with Gasteiger partial charge in [-0.15, -0.1) is 0 Å². The number of rotatable bonds is 2. The highest BCUT2D eigenvalue weighted by atomic mass is 19.1. The predicted octanol–water partition coefficient (Wildman–Crippen LogP) is 4.50. The Morgan fingerprint density at radius 1 is 1.09 bits per heavy atom. The Balaban J connectivity index is 2.40. The summed E-state index contributed by atoms with van der Waals surface area (Å²) in [5, 5.41) is 9.95. The van der Waals surface area contributed by atoms with E-state index in [0.29, 0.717) is 10.9 Å². The minimum atomic E-state index is -1.14. The smallest absolute Gasteiger partial charge is 0.336 e. The van der Waals surface area contributed by atoms with Crippen molar-refractivity contribution in [2.75, 3.05) is 0 Å². The molecule has 0 aliphatic carbocycles. The van der Waals surface area contributed by atoms with E-state index in [1.807, 2.05) is 13.0 Å². The van der Waals surface area contributed by atoms with Crippen LogP contribution in [0.4, 0.5) is 8.78 Å². The number of benzene rings is 2. The van der Waals surface area contributed by atoms with Crippen LogP contribution in [-0.4, -0.2) is 16.1 Å². The van der Waals surface area contributed by atoms with Crippen LogP contribution in [0.3, 0.4) is 0 Å². The van der Waals surface area contributed by atoms with E-state index in [0.717, 1.165) is 29.3 Å². The lowest BCUT2D eigenvalue weighted by molar-refractivity contribution is 0.0699. The fourth-order valence-corrected chi connectivity index (χ4v) is 2.69. The summed E-state index contributed by atoms with van der Waals surface area (Å²) >= 11 is 0. The second kappa shape index (κ2) is 5.43.